The summed E-state index contributed by atoms with van der Waals surface area (Å²) in [5.74, 6) is 0.792. The third-order valence-corrected chi connectivity index (χ3v) is 4.34. The summed E-state index contributed by atoms with van der Waals surface area (Å²) in [7, 11) is 1.98. The van der Waals surface area contributed by atoms with Crippen LogP contribution in [0.3, 0.4) is 0 Å². The minimum Gasteiger partial charge on any atom is -0.361 e. The maximum atomic E-state index is 10.9. The number of aryl methyl sites for hydroxylation is 1. The van der Waals surface area contributed by atoms with Gasteiger partial charge in [-0.25, -0.2) is 4.98 Å². The van der Waals surface area contributed by atoms with Crippen LogP contribution in [0.5, 0.6) is 0 Å². The third-order valence-electron chi connectivity index (χ3n) is 3.40. The van der Waals surface area contributed by atoms with Crippen LogP contribution in [-0.4, -0.2) is 27.0 Å². The molecule has 0 saturated heterocycles. The highest BCUT2D eigenvalue weighted by molar-refractivity contribution is 7.13. The van der Waals surface area contributed by atoms with Crippen molar-refractivity contribution in [2.45, 2.75) is 20.0 Å². The second-order valence-electron chi connectivity index (χ2n) is 5.55. The molecule has 24 heavy (non-hydrogen) atoms. The number of hydrogen-bond acceptors (Lipinski definition) is 7. The second-order valence-corrected chi connectivity index (χ2v) is 6.41. The molecule has 0 atom stereocenters. The van der Waals surface area contributed by atoms with E-state index in [9.17, 15) is 10.1 Å². The molecule has 8 heteroatoms. The molecule has 0 N–H and O–H groups in total. The summed E-state index contributed by atoms with van der Waals surface area (Å²) in [6.07, 6.45) is 0. The Kier molecular flexibility index (Phi) is 4.68. The van der Waals surface area contributed by atoms with Crippen LogP contribution in [0.4, 0.5) is 5.69 Å². The summed E-state index contributed by atoms with van der Waals surface area (Å²) in [4.78, 5) is 17.1. The molecule has 0 unspecified atom stereocenters. The first kappa shape index (κ1) is 16.3. The summed E-state index contributed by atoms with van der Waals surface area (Å²) in [5.41, 5.74) is 2.63. The molecule has 0 aliphatic rings. The lowest BCUT2D eigenvalue weighted by atomic mass is 10.2. The van der Waals surface area contributed by atoms with Crippen LogP contribution in [0.25, 0.3) is 10.6 Å². The van der Waals surface area contributed by atoms with Gasteiger partial charge < -0.3 is 4.52 Å². The molecule has 0 radical (unpaired) electrons. The van der Waals surface area contributed by atoms with Crippen LogP contribution < -0.4 is 0 Å². The standard InChI is InChI=1S/C16H16N4O3S/c1-11-6-13(18-23-11)8-19(2)9-14-10-24-16(17-14)12-4-3-5-15(7-12)20(21)22/h3-7,10H,8-9H2,1-2H3. The van der Waals surface area contributed by atoms with Gasteiger partial charge in [-0.15, -0.1) is 11.3 Å². The number of nitro groups is 1. The first-order valence-electron chi connectivity index (χ1n) is 7.31. The maximum Gasteiger partial charge on any atom is 0.270 e. The molecule has 0 spiro atoms. The molecule has 0 aliphatic heterocycles. The molecule has 0 saturated carbocycles. The lowest BCUT2D eigenvalue weighted by Crippen LogP contribution is -2.17. The van der Waals surface area contributed by atoms with Gasteiger partial charge >= 0.3 is 0 Å². The summed E-state index contributed by atoms with van der Waals surface area (Å²) >= 11 is 1.48. The minimum absolute atomic E-state index is 0.0720. The van der Waals surface area contributed by atoms with Gasteiger partial charge in [0.05, 0.1) is 16.3 Å². The molecule has 0 bridgehead atoms. The lowest BCUT2D eigenvalue weighted by Gasteiger charge is -2.12. The molecule has 124 valence electrons. The fourth-order valence-electron chi connectivity index (χ4n) is 2.37. The predicted molar refractivity (Wildman–Crippen MR) is 90.6 cm³/mol. The van der Waals surface area contributed by atoms with Crippen molar-refractivity contribution in [1.29, 1.82) is 0 Å². The molecule has 2 aromatic heterocycles. The molecule has 0 fully saturated rings. The largest absolute Gasteiger partial charge is 0.361 e. The van der Waals surface area contributed by atoms with Gasteiger partial charge in [0.25, 0.3) is 5.69 Å². The van der Waals surface area contributed by atoms with Gasteiger partial charge in [0.2, 0.25) is 0 Å². The quantitative estimate of drug-likeness (QED) is 0.501. The third kappa shape index (κ3) is 3.84. The zero-order chi connectivity index (χ0) is 17.1. The Morgan fingerprint density at radius 3 is 2.79 bits per heavy atom. The SMILES string of the molecule is Cc1cc(CN(C)Cc2csc(-c3cccc([N+](=O)[O-])c3)n2)no1. The number of hydrogen-bond donors (Lipinski definition) is 0. The van der Waals surface area contributed by atoms with Crippen molar-refractivity contribution in [3.63, 3.8) is 0 Å². The summed E-state index contributed by atoms with van der Waals surface area (Å²) in [6, 6.07) is 8.44. The second kappa shape index (κ2) is 6.90. The zero-order valence-electron chi connectivity index (χ0n) is 13.3. The fourth-order valence-corrected chi connectivity index (χ4v) is 3.17. The minimum atomic E-state index is -0.397. The van der Waals surface area contributed by atoms with Gasteiger partial charge in [-0.1, -0.05) is 17.3 Å². The fraction of sp³-hybridized carbons (Fsp3) is 0.250. The van der Waals surface area contributed by atoms with Crippen molar-refractivity contribution >= 4 is 17.0 Å². The highest BCUT2D eigenvalue weighted by atomic mass is 32.1. The van der Waals surface area contributed by atoms with E-state index < -0.39 is 4.92 Å². The Balaban J connectivity index is 1.69. The summed E-state index contributed by atoms with van der Waals surface area (Å²) in [6.45, 7) is 3.20. The van der Waals surface area contributed by atoms with Gasteiger partial charge in [-0.05, 0) is 14.0 Å². The monoisotopic (exact) mass is 344 g/mol. The van der Waals surface area contributed by atoms with E-state index >= 15 is 0 Å². The molecule has 3 aromatic rings. The average Bonchev–Trinajstić information content (AvgIpc) is 3.16. The molecule has 1 aromatic carbocycles. The van der Waals surface area contributed by atoms with Gasteiger partial charge in [-0.3, -0.25) is 15.0 Å². The zero-order valence-corrected chi connectivity index (χ0v) is 14.1. The molecule has 3 rings (SSSR count). The van der Waals surface area contributed by atoms with Crippen LogP contribution in [0.2, 0.25) is 0 Å². The Morgan fingerprint density at radius 2 is 2.08 bits per heavy atom. The van der Waals surface area contributed by atoms with Crippen LogP contribution in [0, 0.1) is 17.0 Å². The normalized spacial score (nSPS) is 11.1. The van der Waals surface area contributed by atoms with E-state index in [1.807, 2.05) is 31.5 Å². The van der Waals surface area contributed by atoms with Gasteiger partial charge in [0.1, 0.15) is 10.8 Å². The van der Waals surface area contributed by atoms with Crippen LogP contribution >= 0.6 is 11.3 Å². The Morgan fingerprint density at radius 1 is 1.29 bits per heavy atom. The van der Waals surface area contributed by atoms with E-state index in [0.29, 0.717) is 13.1 Å². The number of aromatic nitrogens is 2. The van der Waals surface area contributed by atoms with Crippen molar-refractivity contribution in [2.75, 3.05) is 7.05 Å². The van der Waals surface area contributed by atoms with E-state index in [0.717, 1.165) is 27.7 Å². The van der Waals surface area contributed by atoms with Gasteiger partial charge in [0.15, 0.2) is 0 Å². The number of nitrogens with zero attached hydrogens (tertiary/aromatic N) is 4. The number of non-ortho nitro benzene ring substituents is 1. The lowest BCUT2D eigenvalue weighted by molar-refractivity contribution is -0.384. The van der Waals surface area contributed by atoms with Crippen LogP contribution in [-0.2, 0) is 13.1 Å². The Bertz CT molecular complexity index is 858. The number of rotatable bonds is 6. The molecule has 2 heterocycles. The van der Waals surface area contributed by atoms with E-state index in [2.05, 4.69) is 15.0 Å². The Labute approximate surface area is 142 Å². The number of benzene rings is 1. The Hall–Kier alpha value is -2.58. The van der Waals surface area contributed by atoms with Crippen molar-refractivity contribution in [1.82, 2.24) is 15.0 Å². The molecule has 0 amide bonds. The molecular formula is C16H16N4O3S. The number of nitro benzene ring substituents is 1. The molecule has 0 aliphatic carbocycles. The molecule has 7 nitrogen and oxygen atoms in total. The first-order valence-corrected chi connectivity index (χ1v) is 8.19. The predicted octanol–water partition coefficient (Wildman–Crippen LogP) is 3.65. The first-order chi connectivity index (χ1) is 11.5. The highest BCUT2D eigenvalue weighted by Crippen LogP contribution is 2.27. The maximum absolute atomic E-state index is 10.9. The van der Waals surface area contributed by atoms with Crippen molar-refractivity contribution < 1.29 is 9.45 Å². The van der Waals surface area contributed by atoms with Crippen LogP contribution in [0.1, 0.15) is 17.1 Å². The van der Waals surface area contributed by atoms with E-state index in [1.165, 1.54) is 17.4 Å². The molecular weight excluding hydrogens is 328 g/mol. The average molecular weight is 344 g/mol. The van der Waals surface area contributed by atoms with E-state index in [1.54, 1.807) is 12.1 Å². The topological polar surface area (TPSA) is 85.3 Å². The smallest absolute Gasteiger partial charge is 0.270 e. The van der Waals surface area contributed by atoms with E-state index in [4.69, 9.17) is 4.52 Å². The number of thiazole rings is 1. The van der Waals surface area contributed by atoms with E-state index in [-0.39, 0.29) is 5.69 Å². The highest BCUT2D eigenvalue weighted by Gasteiger charge is 2.12. The summed E-state index contributed by atoms with van der Waals surface area (Å²) in [5, 5.41) is 17.6. The van der Waals surface area contributed by atoms with Gasteiger partial charge in [-0.2, -0.15) is 0 Å². The van der Waals surface area contributed by atoms with Crippen LogP contribution in [0.15, 0.2) is 40.2 Å². The van der Waals surface area contributed by atoms with Crippen molar-refractivity contribution in [2.24, 2.45) is 0 Å². The van der Waals surface area contributed by atoms with Crippen molar-refractivity contribution in [3.8, 4) is 10.6 Å². The summed E-state index contributed by atoms with van der Waals surface area (Å²) < 4.78 is 5.06. The van der Waals surface area contributed by atoms with Gasteiger partial charge in [0, 0.05) is 42.2 Å². The van der Waals surface area contributed by atoms with Crippen molar-refractivity contribution in [3.05, 3.63) is 63.0 Å².